The summed E-state index contributed by atoms with van der Waals surface area (Å²) in [6.07, 6.45) is 4.27. The van der Waals surface area contributed by atoms with Crippen molar-refractivity contribution in [1.29, 1.82) is 0 Å². The maximum Gasteiger partial charge on any atom is 0.307 e. The SMILES string of the molecule is CCCCC(SCc1ccccc1)=C(CC)CC(=O)O. The zero-order valence-electron chi connectivity index (χ0n) is 12.4. The van der Waals surface area contributed by atoms with E-state index in [4.69, 9.17) is 5.11 Å². The predicted molar refractivity (Wildman–Crippen MR) is 86.8 cm³/mol. The van der Waals surface area contributed by atoms with Gasteiger partial charge in [0.1, 0.15) is 0 Å². The molecule has 0 unspecified atom stereocenters. The number of unbranched alkanes of at least 4 members (excludes halogenated alkanes) is 1. The van der Waals surface area contributed by atoms with E-state index in [1.807, 2.05) is 25.1 Å². The van der Waals surface area contributed by atoms with Gasteiger partial charge in [-0.25, -0.2) is 0 Å². The van der Waals surface area contributed by atoms with Gasteiger partial charge in [0.2, 0.25) is 0 Å². The molecule has 0 spiro atoms. The van der Waals surface area contributed by atoms with Gasteiger partial charge < -0.3 is 5.11 Å². The summed E-state index contributed by atoms with van der Waals surface area (Å²) in [7, 11) is 0. The Labute approximate surface area is 126 Å². The van der Waals surface area contributed by atoms with E-state index in [0.29, 0.717) is 0 Å². The average molecular weight is 292 g/mol. The first kappa shape index (κ1) is 16.8. The van der Waals surface area contributed by atoms with Crippen molar-refractivity contribution in [1.82, 2.24) is 0 Å². The summed E-state index contributed by atoms with van der Waals surface area (Å²) in [6.45, 7) is 4.22. The normalized spacial score (nSPS) is 12.1. The smallest absolute Gasteiger partial charge is 0.307 e. The molecule has 0 aromatic heterocycles. The number of carboxylic acid groups (broad SMARTS) is 1. The number of carboxylic acids is 1. The number of thioether (sulfide) groups is 1. The zero-order chi connectivity index (χ0) is 14.8. The number of allylic oxidation sites excluding steroid dienone is 1. The van der Waals surface area contributed by atoms with E-state index in [0.717, 1.165) is 37.0 Å². The predicted octanol–water partition coefficient (Wildman–Crippen LogP) is 5.25. The molecule has 0 bridgehead atoms. The van der Waals surface area contributed by atoms with E-state index < -0.39 is 5.97 Å². The molecule has 0 atom stereocenters. The molecule has 0 heterocycles. The van der Waals surface area contributed by atoms with E-state index in [1.54, 1.807) is 11.8 Å². The fourth-order valence-corrected chi connectivity index (χ4v) is 3.28. The molecule has 0 fully saturated rings. The Bertz CT molecular complexity index is 438. The minimum absolute atomic E-state index is 0.178. The first-order valence-electron chi connectivity index (χ1n) is 7.26. The molecule has 0 aliphatic carbocycles. The highest BCUT2D eigenvalue weighted by Crippen LogP contribution is 2.31. The molecule has 1 N–H and O–H groups in total. The summed E-state index contributed by atoms with van der Waals surface area (Å²) in [5.41, 5.74) is 2.38. The molecule has 20 heavy (non-hydrogen) atoms. The van der Waals surface area contributed by atoms with E-state index in [2.05, 4.69) is 19.1 Å². The van der Waals surface area contributed by atoms with E-state index in [-0.39, 0.29) is 6.42 Å². The van der Waals surface area contributed by atoms with Crippen LogP contribution in [-0.2, 0) is 10.5 Å². The summed E-state index contributed by atoms with van der Waals surface area (Å²) in [4.78, 5) is 12.3. The Kier molecular flexibility index (Phi) is 8.12. The lowest BCUT2D eigenvalue weighted by atomic mass is 10.1. The monoisotopic (exact) mass is 292 g/mol. The standard InChI is InChI=1S/C17H24O2S/c1-3-5-11-16(15(4-2)12-17(18)19)20-13-14-9-7-6-8-10-14/h6-10H,3-5,11-13H2,1-2H3,(H,18,19). The largest absolute Gasteiger partial charge is 0.481 e. The first-order chi connectivity index (χ1) is 9.67. The van der Waals surface area contributed by atoms with Gasteiger partial charge in [-0.1, -0.05) is 50.6 Å². The molecule has 110 valence electrons. The van der Waals surface area contributed by atoms with Crippen LogP contribution >= 0.6 is 11.8 Å². The molecule has 0 aliphatic rings. The van der Waals surface area contributed by atoms with Gasteiger partial charge in [-0.3, -0.25) is 4.79 Å². The highest BCUT2D eigenvalue weighted by atomic mass is 32.2. The molecular formula is C17H24O2S. The molecule has 2 nitrogen and oxygen atoms in total. The quantitative estimate of drug-likeness (QED) is 0.675. The topological polar surface area (TPSA) is 37.3 Å². The summed E-state index contributed by atoms with van der Waals surface area (Å²) in [5, 5.41) is 9.03. The van der Waals surface area contributed by atoms with E-state index in [1.165, 1.54) is 10.5 Å². The average Bonchev–Trinajstić information content (AvgIpc) is 2.46. The number of rotatable bonds is 9. The third-order valence-electron chi connectivity index (χ3n) is 3.20. The Morgan fingerprint density at radius 1 is 1.20 bits per heavy atom. The second-order valence-electron chi connectivity index (χ2n) is 4.83. The van der Waals surface area contributed by atoms with Crippen LogP contribution in [0.15, 0.2) is 40.8 Å². The van der Waals surface area contributed by atoms with Crippen LogP contribution in [0.3, 0.4) is 0 Å². The maximum absolute atomic E-state index is 11.0. The fraction of sp³-hybridized carbons (Fsp3) is 0.471. The van der Waals surface area contributed by atoms with Gasteiger partial charge in [-0.15, -0.1) is 11.8 Å². The lowest BCUT2D eigenvalue weighted by Crippen LogP contribution is -2.00. The van der Waals surface area contributed by atoms with Gasteiger partial charge in [0, 0.05) is 5.75 Å². The molecule has 0 aliphatic heterocycles. The molecule has 1 aromatic carbocycles. The van der Waals surface area contributed by atoms with Crippen LogP contribution in [0, 0.1) is 0 Å². The molecular weight excluding hydrogens is 268 g/mol. The van der Waals surface area contributed by atoms with Crippen LogP contribution in [0.5, 0.6) is 0 Å². The molecule has 0 amide bonds. The minimum atomic E-state index is -0.726. The molecule has 1 rings (SSSR count). The first-order valence-corrected chi connectivity index (χ1v) is 8.25. The van der Waals surface area contributed by atoms with Gasteiger partial charge in [-0.05, 0) is 35.3 Å². The lowest BCUT2D eigenvalue weighted by molar-refractivity contribution is -0.136. The molecule has 0 saturated heterocycles. The van der Waals surface area contributed by atoms with Crippen molar-refractivity contribution in [3.8, 4) is 0 Å². The zero-order valence-corrected chi connectivity index (χ0v) is 13.2. The number of aliphatic carboxylic acids is 1. The second kappa shape index (κ2) is 9.65. The highest BCUT2D eigenvalue weighted by molar-refractivity contribution is 8.02. The van der Waals surface area contributed by atoms with E-state index in [9.17, 15) is 4.79 Å². The maximum atomic E-state index is 11.0. The molecule has 3 heteroatoms. The Morgan fingerprint density at radius 2 is 1.90 bits per heavy atom. The van der Waals surface area contributed by atoms with Crippen LogP contribution < -0.4 is 0 Å². The van der Waals surface area contributed by atoms with Crippen molar-refractivity contribution in [2.45, 2.75) is 51.7 Å². The third kappa shape index (κ3) is 6.29. The fourth-order valence-electron chi connectivity index (χ4n) is 2.04. The Morgan fingerprint density at radius 3 is 2.45 bits per heavy atom. The Balaban J connectivity index is 2.76. The van der Waals surface area contributed by atoms with Gasteiger partial charge >= 0.3 is 5.97 Å². The molecule has 0 saturated carbocycles. The number of carbonyl (C=O) groups is 1. The van der Waals surface area contributed by atoms with Crippen LogP contribution in [-0.4, -0.2) is 11.1 Å². The van der Waals surface area contributed by atoms with Crippen molar-refractivity contribution < 1.29 is 9.90 Å². The molecule has 1 aromatic rings. The summed E-state index contributed by atoms with van der Waals surface area (Å²) in [6, 6.07) is 10.3. The van der Waals surface area contributed by atoms with Crippen LogP contribution in [0.4, 0.5) is 0 Å². The van der Waals surface area contributed by atoms with E-state index >= 15 is 0 Å². The van der Waals surface area contributed by atoms with Gasteiger partial charge in [0.05, 0.1) is 6.42 Å². The summed E-state index contributed by atoms with van der Waals surface area (Å²) >= 11 is 1.81. The number of hydrogen-bond acceptors (Lipinski definition) is 2. The van der Waals surface area contributed by atoms with Crippen molar-refractivity contribution in [2.75, 3.05) is 0 Å². The lowest BCUT2D eigenvalue weighted by Gasteiger charge is -2.13. The van der Waals surface area contributed by atoms with Crippen molar-refractivity contribution in [3.63, 3.8) is 0 Å². The van der Waals surface area contributed by atoms with Crippen LogP contribution in [0.1, 0.15) is 51.5 Å². The number of hydrogen-bond donors (Lipinski definition) is 1. The minimum Gasteiger partial charge on any atom is -0.481 e. The second-order valence-corrected chi connectivity index (χ2v) is 5.90. The van der Waals surface area contributed by atoms with Crippen LogP contribution in [0.2, 0.25) is 0 Å². The molecule has 0 radical (unpaired) electrons. The third-order valence-corrected chi connectivity index (χ3v) is 4.52. The van der Waals surface area contributed by atoms with Gasteiger partial charge in [-0.2, -0.15) is 0 Å². The summed E-state index contributed by atoms with van der Waals surface area (Å²) < 4.78 is 0. The van der Waals surface area contributed by atoms with Gasteiger partial charge in [0.25, 0.3) is 0 Å². The van der Waals surface area contributed by atoms with Crippen molar-refractivity contribution >= 4 is 17.7 Å². The Hall–Kier alpha value is -1.22. The number of benzene rings is 1. The summed E-state index contributed by atoms with van der Waals surface area (Å²) in [5.74, 6) is 0.194. The van der Waals surface area contributed by atoms with Crippen molar-refractivity contribution in [3.05, 3.63) is 46.4 Å². The van der Waals surface area contributed by atoms with Crippen molar-refractivity contribution in [2.24, 2.45) is 0 Å². The van der Waals surface area contributed by atoms with Gasteiger partial charge in [0.15, 0.2) is 0 Å². The van der Waals surface area contributed by atoms with Crippen LogP contribution in [0.25, 0.3) is 0 Å². The highest BCUT2D eigenvalue weighted by Gasteiger charge is 2.10.